The molecule has 1 aromatic heterocycles. The lowest BCUT2D eigenvalue weighted by molar-refractivity contribution is -0.127. The number of aromatic nitrogens is 2. The summed E-state index contributed by atoms with van der Waals surface area (Å²) in [5.74, 6) is -0.0890. The Hall–Kier alpha value is -2.11. The molecule has 0 aliphatic carbocycles. The Balaban J connectivity index is 2.20. The largest absolute Gasteiger partial charge is 0.371 e. The van der Waals surface area contributed by atoms with Gasteiger partial charge in [0.25, 0.3) is 5.56 Å². The van der Waals surface area contributed by atoms with Gasteiger partial charge in [0.15, 0.2) is 0 Å². The van der Waals surface area contributed by atoms with Gasteiger partial charge < -0.3 is 9.80 Å². The van der Waals surface area contributed by atoms with Crippen molar-refractivity contribution in [2.75, 3.05) is 25.0 Å². The van der Waals surface area contributed by atoms with Gasteiger partial charge in [0.05, 0.1) is 17.9 Å². The van der Waals surface area contributed by atoms with Crippen LogP contribution in [0.15, 0.2) is 29.7 Å². The van der Waals surface area contributed by atoms with Gasteiger partial charge in [-0.2, -0.15) is 5.10 Å². The lowest BCUT2D eigenvalue weighted by Gasteiger charge is -2.32. The number of nitrogens with zero attached hydrogens (tertiary/aromatic N) is 4. The van der Waals surface area contributed by atoms with Crippen LogP contribution in [0.1, 0.15) is 32.7 Å². The third-order valence-corrected chi connectivity index (χ3v) is 4.22. The molecule has 0 spiro atoms. The maximum Gasteiger partial charge on any atom is 0.269 e. The van der Waals surface area contributed by atoms with Crippen LogP contribution in [-0.2, 0) is 4.79 Å². The van der Waals surface area contributed by atoms with Crippen LogP contribution in [0.2, 0.25) is 0 Å². The Morgan fingerprint density at radius 2 is 2.27 bits per heavy atom. The number of amides is 1. The fraction of sp³-hybridized carbons (Fsp3) is 0.562. The molecule has 22 heavy (non-hydrogen) atoms. The summed E-state index contributed by atoms with van der Waals surface area (Å²) < 4.78 is 1.50. The van der Waals surface area contributed by atoms with E-state index in [9.17, 15) is 9.59 Å². The van der Waals surface area contributed by atoms with E-state index in [0.717, 1.165) is 18.5 Å². The van der Waals surface area contributed by atoms with Crippen molar-refractivity contribution in [2.24, 2.45) is 0 Å². The third kappa shape index (κ3) is 3.37. The number of rotatable bonds is 4. The van der Waals surface area contributed by atoms with Crippen LogP contribution >= 0.6 is 0 Å². The van der Waals surface area contributed by atoms with Gasteiger partial charge in [0.2, 0.25) is 5.91 Å². The average Bonchev–Trinajstić information content (AvgIpc) is 2.53. The van der Waals surface area contributed by atoms with E-state index in [1.165, 1.54) is 10.8 Å². The van der Waals surface area contributed by atoms with Gasteiger partial charge in [-0.15, -0.1) is 0 Å². The van der Waals surface area contributed by atoms with Crippen LogP contribution < -0.4 is 10.5 Å². The second-order valence-electron chi connectivity index (χ2n) is 5.99. The molecule has 1 aromatic rings. The van der Waals surface area contributed by atoms with E-state index in [4.69, 9.17) is 0 Å². The molecule has 0 bridgehead atoms. The molecule has 1 amide bonds. The summed E-state index contributed by atoms with van der Waals surface area (Å²) in [6.07, 6.45) is 4.76. The molecule has 1 saturated heterocycles. The summed E-state index contributed by atoms with van der Waals surface area (Å²) in [5.41, 5.74) is 0.689. The SMILES string of the molecule is C=CC(=O)N1CCCC(n2ncc(N(C)C(C)C)cc2=O)C1. The summed E-state index contributed by atoms with van der Waals surface area (Å²) in [5, 5.41) is 4.32. The van der Waals surface area contributed by atoms with Gasteiger partial charge in [-0.25, -0.2) is 4.68 Å². The number of anilines is 1. The number of carbonyl (C=O) groups excluding carboxylic acids is 1. The second-order valence-corrected chi connectivity index (χ2v) is 5.99. The summed E-state index contributed by atoms with van der Waals surface area (Å²) >= 11 is 0. The predicted octanol–water partition coefficient (Wildman–Crippen LogP) is 1.44. The molecule has 0 aromatic carbocycles. The molecule has 0 radical (unpaired) electrons. The standard InChI is InChI=1S/C16H24N4O2/c1-5-15(21)19-8-6-7-13(11-19)20-16(22)9-14(10-17-20)18(4)12(2)3/h5,9-10,12-13H,1,6-8,11H2,2-4H3. The molecule has 2 rings (SSSR count). The van der Waals surface area contributed by atoms with E-state index >= 15 is 0 Å². The minimum atomic E-state index is -0.122. The van der Waals surface area contributed by atoms with Crippen LogP contribution in [0.4, 0.5) is 5.69 Å². The van der Waals surface area contributed by atoms with Crippen molar-refractivity contribution in [1.82, 2.24) is 14.7 Å². The van der Waals surface area contributed by atoms with Gasteiger partial charge in [-0.1, -0.05) is 6.58 Å². The molecular weight excluding hydrogens is 280 g/mol. The van der Waals surface area contributed by atoms with Gasteiger partial charge in [-0.05, 0) is 32.8 Å². The number of piperidine rings is 1. The van der Waals surface area contributed by atoms with Gasteiger partial charge in [-0.3, -0.25) is 9.59 Å². The minimum Gasteiger partial charge on any atom is -0.371 e. The molecule has 6 heteroatoms. The third-order valence-electron chi connectivity index (χ3n) is 4.22. The molecule has 0 N–H and O–H groups in total. The molecular formula is C16H24N4O2. The molecule has 120 valence electrons. The van der Waals surface area contributed by atoms with Crippen molar-refractivity contribution >= 4 is 11.6 Å². The van der Waals surface area contributed by atoms with Crippen LogP contribution in [0, 0.1) is 0 Å². The Labute approximate surface area is 131 Å². The zero-order valence-corrected chi connectivity index (χ0v) is 13.5. The van der Waals surface area contributed by atoms with E-state index in [2.05, 4.69) is 25.5 Å². The van der Waals surface area contributed by atoms with Crippen molar-refractivity contribution in [3.63, 3.8) is 0 Å². The second kappa shape index (κ2) is 6.77. The van der Waals surface area contributed by atoms with Crippen molar-refractivity contribution in [3.05, 3.63) is 35.3 Å². The molecule has 1 aliphatic heterocycles. The zero-order chi connectivity index (χ0) is 16.3. The first kappa shape index (κ1) is 16.3. The Morgan fingerprint density at radius 3 is 2.86 bits per heavy atom. The average molecular weight is 304 g/mol. The molecule has 1 atom stereocenters. The Kier molecular flexibility index (Phi) is 5.00. The topological polar surface area (TPSA) is 58.4 Å². The van der Waals surface area contributed by atoms with Gasteiger partial charge >= 0.3 is 0 Å². The van der Waals surface area contributed by atoms with Crippen LogP contribution in [0.3, 0.4) is 0 Å². The fourth-order valence-electron chi connectivity index (χ4n) is 2.66. The van der Waals surface area contributed by atoms with Crippen LogP contribution in [0.5, 0.6) is 0 Å². The highest BCUT2D eigenvalue weighted by molar-refractivity contribution is 5.87. The highest BCUT2D eigenvalue weighted by Gasteiger charge is 2.25. The normalized spacial score (nSPS) is 18.4. The maximum atomic E-state index is 12.4. The van der Waals surface area contributed by atoms with E-state index < -0.39 is 0 Å². The first-order valence-electron chi connectivity index (χ1n) is 7.67. The summed E-state index contributed by atoms with van der Waals surface area (Å²) in [6.45, 7) is 8.86. The summed E-state index contributed by atoms with van der Waals surface area (Å²) in [7, 11) is 1.94. The molecule has 2 heterocycles. The van der Waals surface area contributed by atoms with Crippen LogP contribution in [-0.4, -0.2) is 46.8 Å². The quantitative estimate of drug-likeness (QED) is 0.790. The highest BCUT2D eigenvalue weighted by Crippen LogP contribution is 2.20. The Bertz CT molecular complexity index is 608. The molecule has 1 fully saturated rings. The number of likely N-dealkylation sites (tertiary alicyclic amines) is 1. The number of hydrogen-bond donors (Lipinski definition) is 0. The fourth-order valence-corrected chi connectivity index (χ4v) is 2.66. The molecule has 0 saturated carbocycles. The van der Waals surface area contributed by atoms with E-state index in [0.29, 0.717) is 19.1 Å². The van der Waals surface area contributed by atoms with Crippen molar-refractivity contribution in [1.29, 1.82) is 0 Å². The predicted molar refractivity (Wildman–Crippen MR) is 87.1 cm³/mol. The molecule has 1 aliphatic rings. The number of hydrogen-bond acceptors (Lipinski definition) is 4. The van der Waals surface area contributed by atoms with E-state index in [1.54, 1.807) is 17.2 Å². The maximum absolute atomic E-state index is 12.4. The van der Waals surface area contributed by atoms with E-state index in [-0.39, 0.29) is 17.5 Å². The minimum absolute atomic E-state index is 0.0662. The summed E-state index contributed by atoms with van der Waals surface area (Å²) in [6, 6.07) is 1.84. The molecule has 6 nitrogen and oxygen atoms in total. The first-order valence-corrected chi connectivity index (χ1v) is 7.67. The lowest BCUT2D eigenvalue weighted by atomic mass is 10.1. The Morgan fingerprint density at radius 1 is 1.55 bits per heavy atom. The number of carbonyl (C=O) groups is 1. The molecule has 1 unspecified atom stereocenters. The lowest BCUT2D eigenvalue weighted by Crippen LogP contribution is -2.43. The van der Waals surface area contributed by atoms with Gasteiger partial charge in [0, 0.05) is 32.2 Å². The monoisotopic (exact) mass is 304 g/mol. The van der Waals surface area contributed by atoms with Crippen molar-refractivity contribution in [3.8, 4) is 0 Å². The first-order chi connectivity index (χ1) is 10.4. The van der Waals surface area contributed by atoms with Crippen molar-refractivity contribution < 1.29 is 4.79 Å². The zero-order valence-electron chi connectivity index (χ0n) is 13.5. The van der Waals surface area contributed by atoms with Gasteiger partial charge in [0.1, 0.15) is 0 Å². The highest BCUT2D eigenvalue weighted by atomic mass is 16.2. The van der Waals surface area contributed by atoms with E-state index in [1.807, 2.05) is 11.9 Å². The van der Waals surface area contributed by atoms with Crippen LogP contribution in [0.25, 0.3) is 0 Å². The smallest absolute Gasteiger partial charge is 0.269 e. The van der Waals surface area contributed by atoms with Crippen molar-refractivity contribution in [2.45, 2.75) is 38.8 Å². The summed E-state index contributed by atoms with van der Waals surface area (Å²) in [4.78, 5) is 27.8.